The third kappa shape index (κ3) is 5.71. The van der Waals surface area contributed by atoms with Crippen LogP contribution in [0.15, 0.2) is 48.8 Å². The molecule has 184 valence electrons. The van der Waals surface area contributed by atoms with Crippen molar-refractivity contribution in [3.05, 3.63) is 59.7 Å². The second-order valence-corrected chi connectivity index (χ2v) is 9.31. The van der Waals surface area contributed by atoms with E-state index in [4.69, 9.17) is 16.3 Å². The van der Waals surface area contributed by atoms with Gasteiger partial charge in [0.15, 0.2) is 0 Å². The molecule has 1 aliphatic carbocycles. The molecule has 2 heterocycles. The number of ether oxygens (including phenoxy) is 1. The maximum atomic E-state index is 13.3. The number of likely N-dealkylation sites (tertiary alicyclic amines) is 1. The van der Waals surface area contributed by atoms with Gasteiger partial charge in [-0.3, -0.25) is 9.69 Å². The third-order valence-corrected chi connectivity index (χ3v) is 6.77. The van der Waals surface area contributed by atoms with Gasteiger partial charge in [0, 0.05) is 36.8 Å². The molecule has 35 heavy (non-hydrogen) atoms. The number of benzene rings is 2. The van der Waals surface area contributed by atoms with E-state index in [2.05, 4.69) is 44.6 Å². The summed E-state index contributed by atoms with van der Waals surface area (Å²) in [7, 11) is 1.50. The average Bonchev–Trinajstić information content (AvgIpc) is 2.80. The summed E-state index contributed by atoms with van der Waals surface area (Å²) in [5.41, 5.74) is 2.48. The molecule has 1 saturated heterocycles. The van der Waals surface area contributed by atoms with Gasteiger partial charge in [0.2, 0.25) is 6.41 Å². The van der Waals surface area contributed by atoms with Crippen molar-refractivity contribution in [1.29, 1.82) is 0 Å². The minimum absolute atomic E-state index is 0.00309. The number of anilines is 3. The number of nitrogens with zero attached hydrogens (tertiary/aromatic N) is 3. The first-order valence-corrected chi connectivity index (χ1v) is 11.9. The summed E-state index contributed by atoms with van der Waals surface area (Å²) in [6, 6.07) is 7.64. The predicted molar refractivity (Wildman–Crippen MR) is 138 cm³/mol. The lowest BCUT2D eigenvalue weighted by atomic mass is 9.63. The molecule has 1 spiro atoms. The maximum Gasteiger partial charge on any atom is 0.211 e. The van der Waals surface area contributed by atoms with Crippen LogP contribution in [0.25, 0.3) is 10.9 Å². The number of fused-ring (bicyclic) bond motifs is 1. The molecule has 7 nitrogen and oxygen atoms in total. The Bertz CT molecular complexity index is 1220. The highest BCUT2D eigenvalue weighted by atomic mass is 35.5. The highest BCUT2D eigenvalue weighted by Gasteiger charge is 2.46. The SMILES string of the molecule is C/C=C/CN1CC2(CCC2)C1.COc1cc2ncnc(Nc3ccc(F)c(Cl)c3)c2cc1NC=O. The molecule has 2 aliphatic rings. The molecule has 1 aromatic heterocycles. The number of amides is 1. The molecule has 2 aromatic carbocycles. The minimum atomic E-state index is -0.503. The lowest BCUT2D eigenvalue weighted by Gasteiger charge is -2.56. The Balaban J connectivity index is 0.000000218. The molecule has 0 bridgehead atoms. The summed E-state index contributed by atoms with van der Waals surface area (Å²) in [5, 5.41) is 6.29. The number of carbonyl (C=O) groups excluding carboxylic acids is 1. The van der Waals surface area contributed by atoms with E-state index in [0.717, 1.165) is 5.41 Å². The van der Waals surface area contributed by atoms with Gasteiger partial charge in [0.25, 0.3) is 0 Å². The Morgan fingerprint density at radius 1 is 1.23 bits per heavy atom. The molecule has 2 fully saturated rings. The van der Waals surface area contributed by atoms with Crippen LogP contribution in [-0.2, 0) is 4.79 Å². The van der Waals surface area contributed by atoms with Crippen LogP contribution in [0.2, 0.25) is 5.02 Å². The number of methoxy groups -OCH3 is 1. The fourth-order valence-corrected chi connectivity index (χ4v) is 4.70. The molecular weight excluding hydrogens is 469 g/mol. The van der Waals surface area contributed by atoms with Gasteiger partial charge < -0.3 is 15.4 Å². The molecule has 5 rings (SSSR count). The molecule has 0 radical (unpaired) electrons. The first-order valence-electron chi connectivity index (χ1n) is 11.6. The molecule has 3 aromatic rings. The van der Waals surface area contributed by atoms with Crippen LogP contribution in [0.1, 0.15) is 26.2 Å². The number of carbonyl (C=O) groups is 1. The van der Waals surface area contributed by atoms with Crippen molar-refractivity contribution in [1.82, 2.24) is 14.9 Å². The van der Waals surface area contributed by atoms with E-state index >= 15 is 0 Å². The first-order chi connectivity index (χ1) is 17.0. The summed E-state index contributed by atoms with van der Waals surface area (Å²) in [6.07, 6.45) is 10.8. The largest absolute Gasteiger partial charge is 0.494 e. The van der Waals surface area contributed by atoms with Crippen molar-refractivity contribution in [2.24, 2.45) is 5.41 Å². The summed E-state index contributed by atoms with van der Waals surface area (Å²) in [4.78, 5) is 21.7. The first kappa shape index (κ1) is 24.9. The average molecular weight is 498 g/mol. The van der Waals surface area contributed by atoms with Gasteiger partial charge in [0.05, 0.1) is 23.3 Å². The van der Waals surface area contributed by atoms with E-state index in [9.17, 15) is 9.18 Å². The summed E-state index contributed by atoms with van der Waals surface area (Å²) >= 11 is 5.79. The van der Waals surface area contributed by atoms with E-state index in [1.54, 1.807) is 18.2 Å². The van der Waals surface area contributed by atoms with E-state index in [1.165, 1.54) is 64.5 Å². The fraction of sp³-hybridized carbons (Fsp3) is 0.346. The number of allylic oxidation sites excluding steroid dienone is 1. The van der Waals surface area contributed by atoms with Gasteiger partial charge in [-0.1, -0.05) is 30.2 Å². The second-order valence-electron chi connectivity index (χ2n) is 8.90. The normalized spacial score (nSPS) is 16.2. The van der Waals surface area contributed by atoms with Gasteiger partial charge in [-0.15, -0.1) is 0 Å². The molecule has 2 N–H and O–H groups in total. The van der Waals surface area contributed by atoms with E-state index in [1.807, 2.05) is 0 Å². The maximum absolute atomic E-state index is 13.3. The van der Waals surface area contributed by atoms with Crippen LogP contribution >= 0.6 is 11.6 Å². The molecule has 1 aliphatic heterocycles. The zero-order valence-corrected chi connectivity index (χ0v) is 20.6. The number of hydrogen-bond acceptors (Lipinski definition) is 6. The lowest BCUT2D eigenvalue weighted by molar-refractivity contribution is -0.105. The highest BCUT2D eigenvalue weighted by molar-refractivity contribution is 6.31. The van der Waals surface area contributed by atoms with Crippen LogP contribution in [0.5, 0.6) is 5.75 Å². The Kier molecular flexibility index (Phi) is 7.83. The molecule has 1 amide bonds. The summed E-state index contributed by atoms with van der Waals surface area (Å²) < 4.78 is 18.5. The number of aromatic nitrogens is 2. The monoisotopic (exact) mass is 497 g/mol. The number of rotatable bonds is 7. The van der Waals surface area contributed by atoms with Crippen LogP contribution < -0.4 is 15.4 Å². The van der Waals surface area contributed by atoms with E-state index in [0.29, 0.717) is 40.3 Å². The quantitative estimate of drug-likeness (QED) is 0.317. The van der Waals surface area contributed by atoms with Crippen molar-refractivity contribution in [3.8, 4) is 5.75 Å². The standard InChI is InChI=1S/C16H12ClFN4O2.C10H17N/c1-24-15-6-13-10(5-14(15)21-8-23)16(20-7-19-13)22-9-2-3-12(18)11(17)4-9;1-2-3-7-11-8-10(9-11)5-4-6-10/h2-8H,1H3,(H,21,23)(H,19,20,22);2-3H,4-9H2,1H3/b;3-2+. The van der Waals surface area contributed by atoms with Crippen LogP contribution in [0.4, 0.5) is 21.6 Å². The van der Waals surface area contributed by atoms with Gasteiger partial charge in [-0.25, -0.2) is 14.4 Å². The number of halogens is 2. The van der Waals surface area contributed by atoms with Crippen molar-refractivity contribution in [2.45, 2.75) is 26.2 Å². The Morgan fingerprint density at radius 2 is 2.03 bits per heavy atom. The Hall–Kier alpha value is -3.23. The van der Waals surface area contributed by atoms with Crippen LogP contribution in [0.3, 0.4) is 0 Å². The van der Waals surface area contributed by atoms with Crippen LogP contribution in [0, 0.1) is 11.2 Å². The smallest absolute Gasteiger partial charge is 0.211 e. The summed E-state index contributed by atoms with van der Waals surface area (Å²) in [5.74, 6) is 0.459. The Morgan fingerprint density at radius 3 is 2.66 bits per heavy atom. The van der Waals surface area contributed by atoms with Gasteiger partial charge >= 0.3 is 0 Å². The molecule has 0 unspecified atom stereocenters. The molecule has 9 heteroatoms. The van der Waals surface area contributed by atoms with Crippen molar-refractivity contribution in [3.63, 3.8) is 0 Å². The zero-order valence-electron chi connectivity index (χ0n) is 19.9. The number of hydrogen-bond donors (Lipinski definition) is 2. The van der Waals surface area contributed by atoms with Gasteiger partial charge in [-0.2, -0.15) is 0 Å². The van der Waals surface area contributed by atoms with Crippen molar-refractivity contribution < 1.29 is 13.9 Å². The lowest BCUT2D eigenvalue weighted by Crippen LogP contribution is -2.59. The minimum Gasteiger partial charge on any atom is -0.494 e. The third-order valence-electron chi connectivity index (χ3n) is 6.48. The highest BCUT2D eigenvalue weighted by Crippen LogP contribution is 2.47. The topological polar surface area (TPSA) is 79.4 Å². The van der Waals surface area contributed by atoms with E-state index in [-0.39, 0.29) is 5.02 Å². The van der Waals surface area contributed by atoms with Crippen LogP contribution in [-0.4, -0.2) is 48.0 Å². The predicted octanol–water partition coefficient (Wildman–Crippen LogP) is 5.79. The molecule has 0 atom stereocenters. The fourth-order valence-electron chi connectivity index (χ4n) is 4.52. The van der Waals surface area contributed by atoms with Crippen molar-refractivity contribution >= 4 is 46.1 Å². The Labute approximate surface area is 209 Å². The number of nitrogens with one attached hydrogen (secondary N) is 2. The van der Waals surface area contributed by atoms with Crippen molar-refractivity contribution in [2.75, 3.05) is 37.4 Å². The zero-order chi connectivity index (χ0) is 24.8. The molecular formula is C26H29ClFN5O2. The van der Waals surface area contributed by atoms with Gasteiger partial charge in [0.1, 0.15) is 23.7 Å². The molecule has 1 saturated carbocycles. The van der Waals surface area contributed by atoms with Gasteiger partial charge in [-0.05, 0) is 49.4 Å². The summed E-state index contributed by atoms with van der Waals surface area (Å²) in [6.45, 7) is 6.02. The second kappa shape index (κ2) is 11.0. The van der Waals surface area contributed by atoms with E-state index < -0.39 is 5.82 Å².